The lowest BCUT2D eigenvalue weighted by Gasteiger charge is -2.25. The number of rotatable bonds is 9. The van der Waals surface area contributed by atoms with E-state index in [0.29, 0.717) is 13.2 Å². The van der Waals surface area contributed by atoms with Crippen LogP contribution < -0.4 is 0 Å². The maximum Gasteiger partial charge on any atom is 0.107 e. The molecule has 3 nitrogen and oxygen atoms in total. The fraction of sp³-hybridized carbons (Fsp3) is 0.368. The Morgan fingerprint density at radius 1 is 0.773 bits per heavy atom. The molecule has 0 heterocycles. The number of aliphatic hydroxyl groups is 1. The second-order valence-corrected chi connectivity index (χ2v) is 5.26. The summed E-state index contributed by atoms with van der Waals surface area (Å²) < 4.78 is 11.8. The number of hydrogen-bond acceptors (Lipinski definition) is 3. The van der Waals surface area contributed by atoms with Crippen molar-refractivity contribution in [3.8, 4) is 0 Å². The molecule has 0 aliphatic carbocycles. The van der Waals surface area contributed by atoms with E-state index in [9.17, 15) is 5.11 Å². The minimum absolute atomic E-state index is 0.0415. The lowest BCUT2D eigenvalue weighted by molar-refractivity contribution is -0.105. The lowest BCUT2D eigenvalue weighted by Crippen LogP contribution is -2.34. The third kappa shape index (κ3) is 5.26. The predicted octanol–water partition coefficient (Wildman–Crippen LogP) is 3.56. The van der Waals surface area contributed by atoms with Crippen molar-refractivity contribution in [3.05, 3.63) is 71.8 Å². The van der Waals surface area contributed by atoms with Crippen LogP contribution in [0.3, 0.4) is 0 Å². The van der Waals surface area contributed by atoms with Gasteiger partial charge in [0.15, 0.2) is 0 Å². The zero-order valence-corrected chi connectivity index (χ0v) is 13.0. The fourth-order valence-electron chi connectivity index (χ4n) is 2.32. The van der Waals surface area contributed by atoms with E-state index < -0.39 is 0 Å². The van der Waals surface area contributed by atoms with Crippen LogP contribution in [0.4, 0.5) is 0 Å². The van der Waals surface area contributed by atoms with E-state index in [2.05, 4.69) is 0 Å². The van der Waals surface area contributed by atoms with Crippen molar-refractivity contribution < 1.29 is 14.6 Å². The van der Waals surface area contributed by atoms with E-state index in [1.807, 2.05) is 67.6 Å². The standard InChI is InChI=1S/C19H24O3/c1-2-18(21-14-16-9-5-3-6-10-16)19(13-20)22-15-17-11-7-4-8-12-17/h3-12,18-20H,2,13-15H2,1H3/t18-,19+/m0/s1. The van der Waals surface area contributed by atoms with Gasteiger partial charge in [0, 0.05) is 0 Å². The Labute approximate surface area is 132 Å². The molecule has 2 aromatic carbocycles. The van der Waals surface area contributed by atoms with Crippen LogP contribution in [0.15, 0.2) is 60.7 Å². The molecule has 0 aromatic heterocycles. The predicted molar refractivity (Wildman–Crippen MR) is 87.4 cm³/mol. The van der Waals surface area contributed by atoms with Crippen LogP contribution in [0.1, 0.15) is 24.5 Å². The maximum absolute atomic E-state index is 9.60. The molecule has 2 rings (SSSR count). The van der Waals surface area contributed by atoms with Gasteiger partial charge in [0.25, 0.3) is 0 Å². The SMILES string of the molecule is CC[C@H](OCc1ccccc1)[C@@H](CO)OCc1ccccc1. The molecule has 2 aromatic rings. The van der Waals surface area contributed by atoms with Crippen molar-refractivity contribution in [1.82, 2.24) is 0 Å². The Morgan fingerprint density at radius 3 is 1.64 bits per heavy atom. The molecule has 2 atom stereocenters. The van der Waals surface area contributed by atoms with Gasteiger partial charge in [-0.05, 0) is 17.5 Å². The Kier molecular flexibility index (Phi) is 7.10. The second kappa shape index (κ2) is 9.36. The minimum atomic E-state index is -0.311. The van der Waals surface area contributed by atoms with Crippen molar-refractivity contribution in [2.24, 2.45) is 0 Å². The molecular weight excluding hydrogens is 276 g/mol. The molecule has 0 amide bonds. The van der Waals surface area contributed by atoms with E-state index in [1.165, 1.54) is 0 Å². The molecule has 3 heteroatoms. The molecule has 0 aliphatic heterocycles. The monoisotopic (exact) mass is 300 g/mol. The molecule has 1 N–H and O–H groups in total. The van der Waals surface area contributed by atoms with Crippen LogP contribution in [0, 0.1) is 0 Å². The smallest absolute Gasteiger partial charge is 0.107 e. The van der Waals surface area contributed by atoms with Crippen LogP contribution in [0.5, 0.6) is 0 Å². The third-order valence-electron chi connectivity index (χ3n) is 3.61. The summed E-state index contributed by atoms with van der Waals surface area (Å²) in [6.07, 6.45) is 0.371. The van der Waals surface area contributed by atoms with Gasteiger partial charge in [0.1, 0.15) is 6.10 Å². The average Bonchev–Trinajstić information content (AvgIpc) is 2.59. The van der Waals surface area contributed by atoms with Crippen LogP contribution in [-0.2, 0) is 22.7 Å². The van der Waals surface area contributed by atoms with Crippen molar-refractivity contribution in [1.29, 1.82) is 0 Å². The molecule has 0 aliphatic rings. The van der Waals surface area contributed by atoms with Crippen LogP contribution in [-0.4, -0.2) is 23.9 Å². The molecule has 0 radical (unpaired) electrons. The van der Waals surface area contributed by atoms with E-state index in [1.54, 1.807) is 0 Å². The average molecular weight is 300 g/mol. The summed E-state index contributed by atoms with van der Waals surface area (Å²) in [5.74, 6) is 0. The molecular formula is C19H24O3. The molecule has 118 valence electrons. The van der Waals surface area contributed by atoms with Gasteiger partial charge in [0.05, 0.1) is 25.9 Å². The highest BCUT2D eigenvalue weighted by Crippen LogP contribution is 2.14. The Morgan fingerprint density at radius 2 is 1.23 bits per heavy atom. The number of hydrogen-bond donors (Lipinski definition) is 1. The van der Waals surface area contributed by atoms with Crippen molar-refractivity contribution >= 4 is 0 Å². The van der Waals surface area contributed by atoms with Gasteiger partial charge >= 0.3 is 0 Å². The summed E-state index contributed by atoms with van der Waals surface area (Å²) in [6.45, 7) is 3.02. The van der Waals surface area contributed by atoms with Gasteiger partial charge in [-0.25, -0.2) is 0 Å². The first-order valence-corrected chi connectivity index (χ1v) is 7.75. The lowest BCUT2D eigenvalue weighted by atomic mass is 10.1. The second-order valence-electron chi connectivity index (χ2n) is 5.26. The van der Waals surface area contributed by atoms with Crippen LogP contribution in [0.2, 0.25) is 0 Å². The topological polar surface area (TPSA) is 38.7 Å². The zero-order valence-electron chi connectivity index (χ0n) is 13.0. The summed E-state index contributed by atoms with van der Waals surface area (Å²) in [5.41, 5.74) is 2.22. The number of benzene rings is 2. The van der Waals surface area contributed by atoms with Crippen molar-refractivity contribution in [2.45, 2.75) is 38.8 Å². The quantitative estimate of drug-likeness (QED) is 0.769. The van der Waals surface area contributed by atoms with Gasteiger partial charge < -0.3 is 14.6 Å². The van der Waals surface area contributed by atoms with Crippen LogP contribution in [0.25, 0.3) is 0 Å². The van der Waals surface area contributed by atoms with Gasteiger partial charge in [0.2, 0.25) is 0 Å². The minimum Gasteiger partial charge on any atom is -0.394 e. The highest BCUT2D eigenvalue weighted by Gasteiger charge is 2.21. The highest BCUT2D eigenvalue weighted by atomic mass is 16.5. The van der Waals surface area contributed by atoms with Gasteiger partial charge in [-0.1, -0.05) is 67.6 Å². The fourth-order valence-corrected chi connectivity index (χ4v) is 2.32. The Balaban J connectivity index is 1.86. The van der Waals surface area contributed by atoms with E-state index in [-0.39, 0.29) is 18.8 Å². The molecule has 0 saturated carbocycles. The molecule has 0 bridgehead atoms. The first-order chi connectivity index (χ1) is 10.8. The number of aliphatic hydroxyl groups excluding tert-OH is 1. The molecule has 0 unspecified atom stereocenters. The molecule has 22 heavy (non-hydrogen) atoms. The molecule has 0 saturated heterocycles. The first-order valence-electron chi connectivity index (χ1n) is 7.75. The summed E-state index contributed by atoms with van der Waals surface area (Å²) in [4.78, 5) is 0. The summed E-state index contributed by atoms with van der Waals surface area (Å²) in [6, 6.07) is 20.0. The van der Waals surface area contributed by atoms with E-state index in [0.717, 1.165) is 17.5 Å². The Bertz CT molecular complexity index is 463. The highest BCUT2D eigenvalue weighted by molar-refractivity contribution is 5.14. The molecule has 0 spiro atoms. The van der Waals surface area contributed by atoms with E-state index >= 15 is 0 Å². The van der Waals surface area contributed by atoms with Gasteiger partial charge in [-0.2, -0.15) is 0 Å². The summed E-state index contributed by atoms with van der Waals surface area (Å²) in [5, 5.41) is 9.60. The van der Waals surface area contributed by atoms with Gasteiger partial charge in [-0.15, -0.1) is 0 Å². The molecule has 0 fully saturated rings. The first kappa shape index (κ1) is 16.7. The van der Waals surface area contributed by atoms with E-state index in [4.69, 9.17) is 9.47 Å². The largest absolute Gasteiger partial charge is 0.394 e. The Hall–Kier alpha value is -1.68. The normalized spacial score (nSPS) is 13.7. The summed E-state index contributed by atoms with van der Waals surface area (Å²) in [7, 11) is 0. The maximum atomic E-state index is 9.60. The number of ether oxygens (including phenoxy) is 2. The van der Waals surface area contributed by atoms with Gasteiger partial charge in [-0.3, -0.25) is 0 Å². The van der Waals surface area contributed by atoms with Crippen molar-refractivity contribution in [3.63, 3.8) is 0 Å². The third-order valence-corrected chi connectivity index (χ3v) is 3.61. The van der Waals surface area contributed by atoms with Crippen LogP contribution >= 0.6 is 0 Å². The zero-order chi connectivity index (χ0) is 15.6. The van der Waals surface area contributed by atoms with Crippen molar-refractivity contribution in [2.75, 3.05) is 6.61 Å². The summed E-state index contributed by atoms with van der Waals surface area (Å²) >= 11 is 0.